The summed E-state index contributed by atoms with van der Waals surface area (Å²) in [5.74, 6) is 1.43. The lowest BCUT2D eigenvalue weighted by molar-refractivity contribution is 0.0893. The highest BCUT2D eigenvalue weighted by Gasteiger charge is 2.26. The predicted molar refractivity (Wildman–Crippen MR) is 68.7 cm³/mol. The minimum atomic E-state index is 0.246. The van der Waals surface area contributed by atoms with Gasteiger partial charge in [0.25, 0.3) is 0 Å². The summed E-state index contributed by atoms with van der Waals surface area (Å²) >= 11 is 0. The van der Waals surface area contributed by atoms with Crippen LogP contribution in [0.2, 0.25) is 0 Å². The molecular formula is C15H20O2. The van der Waals surface area contributed by atoms with E-state index >= 15 is 0 Å². The van der Waals surface area contributed by atoms with E-state index in [1.165, 1.54) is 6.42 Å². The van der Waals surface area contributed by atoms with E-state index in [0.29, 0.717) is 5.78 Å². The summed E-state index contributed by atoms with van der Waals surface area (Å²) in [6, 6.07) is 5.82. The number of benzene rings is 1. The van der Waals surface area contributed by atoms with E-state index in [0.717, 1.165) is 42.6 Å². The quantitative estimate of drug-likeness (QED) is 0.792. The van der Waals surface area contributed by atoms with Crippen LogP contribution >= 0.6 is 0 Å². The number of carbonyl (C=O) groups is 1. The number of methoxy groups -OCH3 is 1. The molecule has 1 atom stereocenters. The summed E-state index contributed by atoms with van der Waals surface area (Å²) in [5.41, 5.74) is 2.07. The molecule has 2 nitrogen and oxygen atoms in total. The first-order chi connectivity index (χ1) is 8.26. The van der Waals surface area contributed by atoms with Gasteiger partial charge in [-0.1, -0.05) is 19.8 Å². The van der Waals surface area contributed by atoms with Gasteiger partial charge in [-0.25, -0.2) is 0 Å². The van der Waals surface area contributed by atoms with Gasteiger partial charge in [0, 0.05) is 11.5 Å². The third kappa shape index (κ3) is 2.51. The van der Waals surface area contributed by atoms with E-state index in [9.17, 15) is 4.79 Å². The molecule has 1 unspecified atom stereocenters. The first-order valence-corrected chi connectivity index (χ1v) is 6.47. The largest absolute Gasteiger partial charge is 0.497 e. The smallest absolute Gasteiger partial charge is 0.166 e. The Labute approximate surface area is 103 Å². The lowest BCUT2D eigenvalue weighted by Gasteiger charge is -2.23. The van der Waals surface area contributed by atoms with Crippen LogP contribution in [-0.2, 0) is 6.42 Å². The Bertz CT molecular complexity index is 409. The molecule has 2 rings (SSSR count). The van der Waals surface area contributed by atoms with Crippen LogP contribution in [0.3, 0.4) is 0 Å². The van der Waals surface area contributed by atoms with Crippen molar-refractivity contribution >= 4 is 5.78 Å². The molecule has 1 aromatic carbocycles. The zero-order valence-electron chi connectivity index (χ0n) is 10.7. The number of fused-ring (bicyclic) bond motifs is 1. The highest BCUT2D eigenvalue weighted by molar-refractivity contribution is 6.00. The van der Waals surface area contributed by atoms with Crippen molar-refractivity contribution in [2.45, 2.75) is 39.0 Å². The van der Waals surface area contributed by atoms with Gasteiger partial charge in [0.05, 0.1) is 7.11 Å². The van der Waals surface area contributed by atoms with Gasteiger partial charge in [-0.2, -0.15) is 0 Å². The third-order valence-corrected chi connectivity index (χ3v) is 3.62. The van der Waals surface area contributed by atoms with Crippen molar-refractivity contribution in [1.29, 1.82) is 0 Å². The molecule has 0 aliphatic heterocycles. The van der Waals surface area contributed by atoms with Gasteiger partial charge in [0.1, 0.15) is 5.75 Å². The number of Topliss-reactive ketones (excluding diaryl/α,β-unsaturated/α-hetero) is 1. The molecule has 1 aliphatic carbocycles. The molecule has 0 heterocycles. The Hall–Kier alpha value is -1.31. The van der Waals surface area contributed by atoms with Gasteiger partial charge >= 0.3 is 0 Å². The first-order valence-electron chi connectivity index (χ1n) is 6.47. The molecule has 17 heavy (non-hydrogen) atoms. The molecule has 92 valence electrons. The second-order valence-corrected chi connectivity index (χ2v) is 4.77. The van der Waals surface area contributed by atoms with Crippen LogP contribution in [0.25, 0.3) is 0 Å². The van der Waals surface area contributed by atoms with E-state index in [2.05, 4.69) is 6.92 Å². The van der Waals surface area contributed by atoms with Gasteiger partial charge in [-0.05, 0) is 43.0 Å². The average Bonchev–Trinajstić information content (AvgIpc) is 2.37. The lowest BCUT2D eigenvalue weighted by Crippen LogP contribution is -2.22. The molecule has 0 amide bonds. The zero-order valence-corrected chi connectivity index (χ0v) is 10.7. The number of aryl methyl sites for hydroxylation is 1. The SMILES string of the molecule is CCCCC1CCc2cc(OC)ccc2C1=O. The van der Waals surface area contributed by atoms with E-state index in [1.54, 1.807) is 7.11 Å². The maximum absolute atomic E-state index is 12.3. The van der Waals surface area contributed by atoms with Crippen molar-refractivity contribution in [1.82, 2.24) is 0 Å². The van der Waals surface area contributed by atoms with E-state index in [1.807, 2.05) is 18.2 Å². The summed E-state index contributed by atoms with van der Waals surface area (Å²) in [4.78, 5) is 12.3. The number of hydrogen-bond donors (Lipinski definition) is 0. The van der Waals surface area contributed by atoms with E-state index in [4.69, 9.17) is 4.74 Å². The summed E-state index contributed by atoms with van der Waals surface area (Å²) in [5, 5.41) is 0. The van der Waals surface area contributed by atoms with Crippen molar-refractivity contribution in [2.24, 2.45) is 5.92 Å². The third-order valence-electron chi connectivity index (χ3n) is 3.62. The monoisotopic (exact) mass is 232 g/mol. The average molecular weight is 232 g/mol. The van der Waals surface area contributed by atoms with Crippen LogP contribution < -0.4 is 4.74 Å². The van der Waals surface area contributed by atoms with Crippen molar-refractivity contribution in [2.75, 3.05) is 7.11 Å². The van der Waals surface area contributed by atoms with Crippen molar-refractivity contribution in [3.63, 3.8) is 0 Å². The summed E-state index contributed by atoms with van der Waals surface area (Å²) in [6.45, 7) is 2.17. The fraction of sp³-hybridized carbons (Fsp3) is 0.533. The molecule has 2 heteroatoms. The fourth-order valence-electron chi connectivity index (χ4n) is 2.55. The van der Waals surface area contributed by atoms with Gasteiger partial charge in [-0.15, -0.1) is 0 Å². The number of hydrogen-bond acceptors (Lipinski definition) is 2. The minimum absolute atomic E-state index is 0.246. The Morgan fingerprint density at radius 3 is 2.94 bits per heavy atom. The Morgan fingerprint density at radius 1 is 1.41 bits per heavy atom. The highest BCUT2D eigenvalue weighted by Crippen LogP contribution is 2.30. The molecule has 0 fully saturated rings. The topological polar surface area (TPSA) is 26.3 Å². The van der Waals surface area contributed by atoms with E-state index in [-0.39, 0.29) is 5.92 Å². The van der Waals surface area contributed by atoms with Crippen molar-refractivity contribution < 1.29 is 9.53 Å². The molecule has 0 aromatic heterocycles. The lowest BCUT2D eigenvalue weighted by atomic mass is 9.80. The van der Waals surface area contributed by atoms with Crippen LogP contribution in [0.5, 0.6) is 5.75 Å². The van der Waals surface area contributed by atoms with Gasteiger partial charge in [0.2, 0.25) is 0 Å². The molecule has 1 aliphatic rings. The van der Waals surface area contributed by atoms with Crippen molar-refractivity contribution in [3.05, 3.63) is 29.3 Å². The first kappa shape index (κ1) is 12.2. The molecule has 0 spiro atoms. The Morgan fingerprint density at radius 2 is 2.24 bits per heavy atom. The van der Waals surface area contributed by atoms with Gasteiger partial charge < -0.3 is 4.74 Å². The zero-order chi connectivity index (χ0) is 12.3. The van der Waals surface area contributed by atoms with Crippen LogP contribution in [0, 0.1) is 5.92 Å². The second kappa shape index (κ2) is 5.35. The maximum Gasteiger partial charge on any atom is 0.166 e. The van der Waals surface area contributed by atoms with Gasteiger partial charge in [-0.3, -0.25) is 4.79 Å². The number of ether oxygens (including phenoxy) is 1. The number of rotatable bonds is 4. The van der Waals surface area contributed by atoms with Crippen LogP contribution in [0.1, 0.15) is 48.5 Å². The molecule has 0 saturated heterocycles. The van der Waals surface area contributed by atoms with Crippen LogP contribution in [-0.4, -0.2) is 12.9 Å². The predicted octanol–water partition coefficient (Wildman–Crippen LogP) is 3.63. The summed E-state index contributed by atoms with van der Waals surface area (Å²) < 4.78 is 5.20. The van der Waals surface area contributed by atoms with Gasteiger partial charge in [0.15, 0.2) is 5.78 Å². The molecule has 0 saturated carbocycles. The molecule has 0 bridgehead atoms. The maximum atomic E-state index is 12.3. The Kier molecular flexibility index (Phi) is 3.82. The number of unbranched alkanes of at least 4 members (excludes halogenated alkanes) is 1. The second-order valence-electron chi connectivity index (χ2n) is 4.77. The molecule has 0 radical (unpaired) electrons. The van der Waals surface area contributed by atoms with E-state index < -0.39 is 0 Å². The standard InChI is InChI=1S/C15H20O2/c1-3-4-5-11-6-7-12-10-13(17-2)8-9-14(12)15(11)16/h8-11H,3-7H2,1-2H3. The summed E-state index contributed by atoms with van der Waals surface area (Å²) in [6.07, 6.45) is 5.37. The highest BCUT2D eigenvalue weighted by atomic mass is 16.5. The number of carbonyl (C=O) groups excluding carboxylic acids is 1. The fourth-order valence-corrected chi connectivity index (χ4v) is 2.55. The Balaban J connectivity index is 2.18. The minimum Gasteiger partial charge on any atom is -0.497 e. The molecule has 1 aromatic rings. The van der Waals surface area contributed by atoms with Crippen molar-refractivity contribution in [3.8, 4) is 5.75 Å². The molecule has 0 N–H and O–H groups in total. The number of ketones is 1. The van der Waals surface area contributed by atoms with Crippen LogP contribution in [0.4, 0.5) is 0 Å². The normalized spacial score (nSPS) is 18.9. The molecular weight excluding hydrogens is 212 g/mol. The summed E-state index contributed by atoms with van der Waals surface area (Å²) in [7, 11) is 1.66. The van der Waals surface area contributed by atoms with Crippen LogP contribution in [0.15, 0.2) is 18.2 Å².